The lowest BCUT2D eigenvalue weighted by Crippen LogP contribution is -2.57. The summed E-state index contributed by atoms with van der Waals surface area (Å²) in [7, 11) is 0. The molecule has 0 aliphatic carbocycles. The number of anilines is 1. The van der Waals surface area contributed by atoms with E-state index in [1.807, 2.05) is 29.2 Å². The lowest BCUT2D eigenvalue weighted by Gasteiger charge is -2.39. The molecule has 0 unspecified atom stereocenters. The van der Waals surface area contributed by atoms with Crippen LogP contribution < -0.4 is 10.2 Å². The van der Waals surface area contributed by atoms with Gasteiger partial charge in [0.05, 0.1) is 6.61 Å². The number of nitrogens with zero attached hydrogens (tertiary/aromatic N) is 3. The maximum Gasteiger partial charge on any atom is 0.321 e. The SMILES string of the molecule is CCOC(=O)[C@H]1C(=O)NC(N2CCN(c3ccc(Cl)cc3)CC2)=N[C@@H]1c1ccc(F)cc1. The summed E-state index contributed by atoms with van der Waals surface area (Å²) < 4.78 is 18.6. The third-order valence-electron chi connectivity index (χ3n) is 5.62. The summed E-state index contributed by atoms with van der Waals surface area (Å²) in [5.41, 5.74) is 1.66. The van der Waals surface area contributed by atoms with E-state index in [1.54, 1.807) is 19.1 Å². The van der Waals surface area contributed by atoms with Gasteiger partial charge < -0.3 is 14.5 Å². The molecule has 1 saturated heterocycles. The number of hydrogen-bond donors (Lipinski definition) is 1. The van der Waals surface area contributed by atoms with Gasteiger partial charge in [-0.2, -0.15) is 0 Å². The number of piperazine rings is 1. The number of halogens is 2. The third-order valence-corrected chi connectivity index (χ3v) is 5.87. The Morgan fingerprint density at radius 1 is 1.09 bits per heavy atom. The first-order chi connectivity index (χ1) is 15.5. The fourth-order valence-corrected chi connectivity index (χ4v) is 4.08. The van der Waals surface area contributed by atoms with Gasteiger partial charge in [-0.05, 0) is 48.9 Å². The van der Waals surface area contributed by atoms with Crippen molar-refractivity contribution in [2.45, 2.75) is 13.0 Å². The molecule has 168 valence electrons. The van der Waals surface area contributed by atoms with Crippen LogP contribution in [-0.2, 0) is 14.3 Å². The molecule has 0 radical (unpaired) electrons. The van der Waals surface area contributed by atoms with Crippen molar-refractivity contribution in [1.29, 1.82) is 0 Å². The van der Waals surface area contributed by atoms with Crippen molar-refractivity contribution in [2.75, 3.05) is 37.7 Å². The van der Waals surface area contributed by atoms with E-state index in [1.165, 1.54) is 12.1 Å². The van der Waals surface area contributed by atoms with E-state index in [2.05, 4.69) is 10.2 Å². The van der Waals surface area contributed by atoms with Gasteiger partial charge in [0.2, 0.25) is 11.9 Å². The molecule has 2 heterocycles. The van der Waals surface area contributed by atoms with E-state index in [-0.39, 0.29) is 6.61 Å². The number of carbonyl (C=O) groups is 2. The zero-order chi connectivity index (χ0) is 22.7. The number of aliphatic imine (C=N–C) groups is 1. The Labute approximate surface area is 190 Å². The van der Waals surface area contributed by atoms with Crippen LogP contribution in [0.4, 0.5) is 10.1 Å². The monoisotopic (exact) mass is 458 g/mol. The van der Waals surface area contributed by atoms with Crippen LogP contribution in [0.1, 0.15) is 18.5 Å². The molecule has 2 aliphatic rings. The Morgan fingerprint density at radius 3 is 2.34 bits per heavy atom. The number of amides is 1. The van der Waals surface area contributed by atoms with Crippen molar-refractivity contribution in [1.82, 2.24) is 10.2 Å². The number of rotatable bonds is 4. The van der Waals surface area contributed by atoms with Crippen LogP contribution in [0.3, 0.4) is 0 Å². The smallest absolute Gasteiger partial charge is 0.321 e. The number of ether oxygens (including phenoxy) is 1. The van der Waals surface area contributed by atoms with Crippen molar-refractivity contribution in [2.24, 2.45) is 10.9 Å². The van der Waals surface area contributed by atoms with Crippen molar-refractivity contribution < 1.29 is 18.7 Å². The summed E-state index contributed by atoms with van der Waals surface area (Å²) in [6.07, 6.45) is 0. The number of guanidine groups is 1. The fraction of sp³-hybridized carbons (Fsp3) is 0.348. The highest BCUT2D eigenvalue weighted by atomic mass is 35.5. The van der Waals surface area contributed by atoms with Crippen molar-refractivity contribution in [3.63, 3.8) is 0 Å². The van der Waals surface area contributed by atoms with Crippen LogP contribution in [0.25, 0.3) is 0 Å². The zero-order valence-electron chi connectivity index (χ0n) is 17.6. The highest BCUT2D eigenvalue weighted by Crippen LogP contribution is 2.31. The molecule has 1 N–H and O–H groups in total. The summed E-state index contributed by atoms with van der Waals surface area (Å²) in [5.74, 6) is -2.22. The third kappa shape index (κ3) is 4.70. The second kappa shape index (κ2) is 9.56. The molecule has 2 aromatic rings. The predicted molar refractivity (Wildman–Crippen MR) is 120 cm³/mol. The Morgan fingerprint density at radius 2 is 1.72 bits per heavy atom. The molecule has 0 spiro atoms. The minimum Gasteiger partial charge on any atom is -0.465 e. The predicted octanol–water partition coefficient (Wildman–Crippen LogP) is 3.01. The highest BCUT2D eigenvalue weighted by Gasteiger charge is 2.42. The van der Waals surface area contributed by atoms with E-state index >= 15 is 0 Å². The van der Waals surface area contributed by atoms with Crippen molar-refractivity contribution >= 4 is 35.1 Å². The molecule has 32 heavy (non-hydrogen) atoms. The molecule has 1 fully saturated rings. The summed E-state index contributed by atoms with van der Waals surface area (Å²) in [6, 6.07) is 12.6. The number of hydrogen-bond acceptors (Lipinski definition) is 6. The lowest BCUT2D eigenvalue weighted by atomic mass is 9.91. The van der Waals surface area contributed by atoms with Crippen LogP contribution in [0.5, 0.6) is 0 Å². The van der Waals surface area contributed by atoms with Crippen LogP contribution in [0.2, 0.25) is 5.02 Å². The number of nitrogens with one attached hydrogen (secondary N) is 1. The van der Waals surface area contributed by atoms with E-state index < -0.39 is 29.7 Å². The largest absolute Gasteiger partial charge is 0.465 e. The van der Waals surface area contributed by atoms with Gasteiger partial charge in [0.1, 0.15) is 11.9 Å². The molecule has 1 amide bonds. The van der Waals surface area contributed by atoms with Gasteiger partial charge in [0.25, 0.3) is 0 Å². The normalized spacial score (nSPS) is 21.1. The molecule has 4 rings (SSSR count). The molecular weight excluding hydrogens is 435 g/mol. The molecular formula is C23H24ClFN4O3. The Balaban J connectivity index is 1.55. The lowest BCUT2D eigenvalue weighted by molar-refractivity contribution is -0.153. The molecule has 7 nitrogen and oxygen atoms in total. The van der Waals surface area contributed by atoms with E-state index in [9.17, 15) is 14.0 Å². The fourth-order valence-electron chi connectivity index (χ4n) is 3.95. The van der Waals surface area contributed by atoms with Gasteiger partial charge in [-0.15, -0.1) is 0 Å². The Bertz CT molecular complexity index is 1000. The summed E-state index contributed by atoms with van der Waals surface area (Å²) in [4.78, 5) is 34.3. The summed E-state index contributed by atoms with van der Waals surface area (Å²) >= 11 is 5.98. The topological polar surface area (TPSA) is 74.2 Å². The van der Waals surface area contributed by atoms with E-state index in [4.69, 9.17) is 21.3 Å². The average molecular weight is 459 g/mol. The molecule has 2 aliphatic heterocycles. The molecule has 0 bridgehead atoms. The van der Waals surface area contributed by atoms with Gasteiger partial charge in [0.15, 0.2) is 5.92 Å². The first kappa shape index (κ1) is 22.1. The Hall–Kier alpha value is -3.13. The van der Waals surface area contributed by atoms with Gasteiger partial charge in [-0.3, -0.25) is 14.9 Å². The van der Waals surface area contributed by atoms with E-state index in [0.717, 1.165) is 18.8 Å². The number of benzene rings is 2. The van der Waals surface area contributed by atoms with Gasteiger partial charge in [0, 0.05) is 36.9 Å². The average Bonchev–Trinajstić information content (AvgIpc) is 2.80. The first-order valence-electron chi connectivity index (χ1n) is 10.5. The standard InChI is InChI=1S/C23H24ClFN4O3/c1-2-32-22(31)19-20(15-3-7-17(25)8-4-15)26-23(27-21(19)30)29-13-11-28(12-14-29)18-9-5-16(24)6-10-18/h3-10,19-20H,2,11-14H2,1H3,(H,26,27,30)/t19-,20-/m1/s1. The minimum absolute atomic E-state index is 0.155. The zero-order valence-corrected chi connectivity index (χ0v) is 18.4. The second-order valence-electron chi connectivity index (χ2n) is 7.62. The quantitative estimate of drug-likeness (QED) is 0.563. The van der Waals surface area contributed by atoms with Crippen LogP contribution in [0.15, 0.2) is 53.5 Å². The number of esters is 1. The molecule has 9 heteroatoms. The van der Waals surface area contributed by atoms with Gasteiger partial charge >= 0.3 is 5.97 Å². The summed E-state index contributed by atoms with van der Waals surface area (Å²) in [5, 5.41) is 3.46. The minimum atomic E-state index is -1.13. The van der Waals surface area contributed by atoms with Gasteiger partial charge in [-0.1, -0.05) is 23.7 Å². The molecule has 0 saturated carbocycles. The second-order valence-corrected chi connectivity index (χ2v) is 8.06. The van der Waals surface area contributed by atoms with Crippen LogP contribution in [-0.4, -0.2) is 55.5 Å². The number of carbonyl (C=O) groups excluding carboxylic acids is 2. The maximum atomic E-state index is 13.4. The van der Waals surface area contributed by atoms with Crippen LogP contribution in [0, 0.1) is 11.7 Å². The first-order valence-corrected chi connectivity index (χ1v) is 10.9. The molecule has 0 aromatic heterocycles. The summed E-state index contributed by atoms with van der Waals surface area (Å²) in [6.45, 7) is 4.59. The molecule has 2 aromatic carbocycles. The van der Waals surface area contributed by atoms with Crippen molar-refractivity contribution in [3.8, 4) is 0 Å². The van der Waals surface area contributed by atoms with E-state index in [0.29, 0.717) is 29.6 Å². The molecule has 2 atom stereocenters. The van der Waals surface area contributed by atoms with Crippen molar-refractivity contribution in [3.05, 3.63) is 64.9 Å². The van der Waals surface area contributed by atoms with Crippen LogP contribution >= 0.6 is 11.6 Å². The maximum absolute atomic E-state index is 13.4. The Kier molecular flexibility index (Phi) is 6.60. The highest BCUT2D eigenvalue weighted by molar-refractivity contribution is 6.30. The van der Waals surface area contributed by atoms with Gasteiger partial charge in [-0.25, -0.2) is 9.38 Å².